The first kappa shape index (κ1) is 21.5. The van der Waals surface area contributed by atoms with E-state index in [0.29, 0.717) is 24.1 Å². The van der Waals surface area contributed by atoms with Gasteiger partial charge in [-0.25, -0.2) is 9.98 Å². The van der Waals surface area contributed by atoms with Crippen molar-refractivity contribution in [3.8, 4) is 0 Å². The molecule has 1 aliphatic carbocycles. The van der Waals surface area contributed by atoms with Crippen molar-refractivity contribution in [2.24, 2.45) is 10.4 Å². The maximum atomic E-state index is 12.6. The van der Waals surface area contributed by atoms with Crippen LogP contribution in [0.4, 0.5) is 13.2 Å². The number of thiazole rings is 1. The highest BCUT2D eigenvalue weighted by molar-refractivity contribution is 7.09. The van der Waals surface area contributed by atoms with Gasteiger partial charge in [0, 0.05) is 32.6 Å². The molecule has 1 saturated carbocycles. The Hall–Kier alpha value is -1.84. The van der Waals surface area contributed by atoms with Crippen molar-refractivity contribution in [3.05, 3.63) is 16.1 Å². The highest BCUT2D eigenvalue weighted by atomic mass is 32.1. The van der Waals surface area contributed by atoms with E-state index in [-0.39, 0.29) is 12.5 Å². The highest BCUT2D eigenvalue weighted by Crippen LogP contribution is 2.39. The molecule has 1 aliphatic rings. The Balaban J connectivity index is 2.04. The fourth-order valence-corrected chi connectivity index (χ4v) is 3.97. The second-order valence-electron chi connectivity index (χ2n) is 6.86. The van der Waals surface area contributed by atoms with Crippen molar-refractivity contribution in [1.82, 2.24) is 20.5 Å². The maximum Gasteiger partial charge on any atom is 0.434 e. The second-order valence-corrected chi connectivity index (χ2v) is 7.80. The first-order valence-electron chi connectivity index (χ1n) is 8.93. The zero-order valence-corrected chi connectivity index (χ0v) is 16.6. The lowest BCUT2D eigenvalue weighted by molar-refractivity contribution is -0.141. The smallest absolute Gasteiger partial charge is 0.357 e. The number of carbonyl (C=O) groups is 1. The van der Waals surface area contributed by atoms with Crippen LogP contribution in [0.1, 0.15) is 43.3 Å². The molecule has 0 atom stereocenters. The molecule has 0 aromatic carbocycles. The van der Waals surface area contributed by atoms with Crippen LogP contribution in [0, 0.1) is 5.41 Å². The summed E-state index contributed by atoms with van der Waals surface area (Å²) in [4.78, 5) is 22.2. The van der Waals surface area contributed by atoms with E-state index in [2.05, 4.69) is 20.6 Å². The molecule has 1 amide bonds. The lowest BCUT2D eigenvalue weighted by Crippen LogP contribution is -2.49. The number of hydrogen-bond donors (Lipinski definition) is 2. The van der Waals surface area contributed by atoms with Crippen LogP contribution < -0.4 is 10.6 Å². The largest absolute Gasteiger partial charge is 0.434 e. The van der Waals surface area contributed by atoms with Gasteiger partial charge in [-0.15, -0.1) is 11.3 Å². The van der Waals surface area contributed by atoms with E-state index in [4.69, 9.17) is 0 Å². The molecule has 2 rings (SSSR count). The summed E-state index contributed by atoms with van der Waals surface area (Å²) in [5.41, 5.74) is -1.35. The molecule has 0 saturated heterocycles. The number of carbonyl (C=O) groups excluding carboxylic acids is 1. The number of alkyl halides is 3. The summed E-state index contributed by atoms with van der Waals surface area (Å²) >= 11 is 0.933. The van der Waals surface area contributed by atoms with Crippen LogP contribution in [0.25, 0.3) is 0 Å². The summed E-state index contributed by atoms with van der Waals surface area (Å²) in [5.74, 6) is 0.567. The van der Waals surface area contributed by atoms with Crippen molar-refractivity contribution in [3.63, 3.8) is 0 Å². The Bertz CT molecular complexity index is 666. The molecule has 2 N–H and O–H groups in total. The molecule has 0 aliphatic heterocycles. The number of hydrogen-bond acceptors (Lipinski definition) is 4. The minimum atomic E-state index is -4.44. The zero-order chi connectivity index (χ0) is 20.1. The standard InChI is InChI=1S/C17H26F3N5OS/c1-4-21-15(22-9-13-24-12(10-27-13)17(18,19)20)23-11-16(7-5-6-8-16)14(26)25(2)3/h10H,4-9,11H2,1-3H3,(H2,21,22,23). The fourth-order valence-electron chi connectivity index (χ4n) is 3.25. The minimum Gasteiger partial charge on any atom is -0.357 e. The average Bonchev–Trinajstić information content (AvgIpc) is 3.26. The number of rotatable bonds is 6. The van der Waals surface area contributed by atoms with E-state index in [1.807, 2.05) is 6.92 Å². The van der Waals surface area contributed by atoms with Crippen LogP contribution in [0.3, 0.4) is 0 Å². The van der Waals surface area contributed by atoms with Gasteiger partial charge < -0.3 is 15.5 Å². The number of amides is 1. The normalized spacial score (nSPS) is 17.0. The topological polar surface area (TPSA) is 69.6 Å². The lowest BCUT2D eigenvalue weighted by atomic mass is 9.84. The van der Waals surface area contributed by atoms with E-state index in [9.17, 15) is 18.0 Å². The van der Waals surface area contributed by atoms with Crippen LogP contribution in [0.2, 0.25) is 0 Å². The maximum absolute atomic E-state index is 12.6. The number of aromatic nitrogens is 1. The molecule has 1 aromatic rings. The number of guanidine groups is 1. The third-order valence-corrected chi connectivity index (χ3v) is 5.41. The van der Waals surface area contributed by atoms with Gasteiger partial charge in [0.05, 0.1) is 12.0 Å². The lowest BCUT2D eigenvalue weighted by Gasteiger charge is -2.31. The predicted molar refractivity (Wildman–Crippen MR) is 99.5 cm³/mol. The Morgan fingerprint density at radius 1 is 1.33 bits per heavy atom. The van der Waals surface area contributed by atoms with Gasteiger partial charge in [-0.05, 0) is 19.8 Å². The number of aliphatic imine (C=N–C) groups is 1. The molecule has 10 heteroatoms. The van der Waals surface area contributed by atoms with E-state index in [1.54, 1.807) is 19.0 Å². The molecule has 0 spiro atoms. The second kappa shape index (κ2) is 8.90. The molecule has 1 aromatic heterocycles. The summed E-state index contributed by atoms with van der Waals surface area (Å²) in [6.07, 6.45) is -0.791. The first-order chi connectivity index (χ1) is 12.7. The van der Waals surface area contributed by atoms with Crippen molar-refractivity contribution in [1.29, 1.82) is 0 Å². The van der Waals surface area contributed by atoms with Crippen molar-refractivity contribution < 1.29 is 18.0 Å². The van der Waals surface area contributed by atoms with Crippen molar-refractivity contribution in [2.75, 3.05) is 27.2 Å². The monoisotopic (exact) mass is 405 g/mol. The van der Waals surface area contributed by atoms with E-state index in [1.165, 1.54) is 0 Å². The summed E-state index contributed by atoms with van der Waals surface area (Å²) in [6, 6.07) is 0. The molecule has 0 bridgehead atoms. The van der Waals surface area contributed by atoms with Gasteiger partial charge in [-0.1, -0.05) is 12.8 Å². The molecule has 27 heavy (non-hydrogen) atoms. The zero-order valence-electron chi connectivity index (χ0n) is 15.8. The van der Waals surface area contributed by atoms with Gasteiger partial charge in [0.25, 0.3) is 0 Å². The van der Waals surface area contributed by atoms with E-state index >= 15 is 0 Å². The summed E-state index contributed by atoms with van der Waals surface area (Å²) < 4.78 is 37.9. The van der Waals surface area contributed by atoms with Gasteiger partial charge in [0.2, 0.25) is 5.91 Å². The molecule has 0 radical (unpaired) electrons. The molecule has 0 unspecified atom stereocenters. The van der Waals surface area contributed by atoms with Gasteiger partial charge in [0.1, 0.15) is 5.01 Å². The number of nitrogens with zero attached hydrogens (tertiary/aromatic N) is 3. The van der Waals surface area contributed by atoms with E-state index in [0.717, 1.165) is 42.4 Å². The Morgan fingerprint density at radius 2 is 2.00 bits per heavy atom. The Labute approximate surface area is 161 Å². The third kappa shape index (κ3) is 5.57. The van der Waals surface area contributed by atoms with Gasteiger partial charge in [-0.3, -0.25) is 4.79 Å². The first-order valence-corrected chi connectivity index (χ1v) is 9.81. The van der Waals surface area contributed by atoms with Gasteiger partial charge in [0.15, 0.2) is 11.7 Å². The molecule has 1 fully saturated rings. The summed E-state index contributed by atoms with van der Waals surface area (Å²) in [7, 11) is 3.50. The van der Waals surface area contributed by atoms with Crippen LogP contribution >= 0.6 is 11.3 Å². The molecular formula is C17H26F3N5OS. The molecule has 1 heterocycles. The summed E-state index contributed by atoms with van der Waals surface area (Å²) in [5, 5.41) is 7.55. The van der Waals surface area contributed by atoms with Crippen LogP contribution in [0.15, 0.2) is 10.4 Å². The van der Waals surface area contributed by atoms with Crippen molar-refractivity contribution >= 4 is 23.2 Å². The highest BCUT2D eigenvalue weighted by Gasteiger charge is 2.42. The van der Waals surface area contributed by atoms with Gasteiger partial charge >= 0.3 is 6.18 Å². The predicted octanol–water partition coefficient (Wildman–Crippen LogP) is 2.87. The fraction of sp³-hybridized carbons (Fsp3) is 0.706. The third-order valence-electron chi connectivity index (χ3n) is 4.57. The SMILES string of the molecule is CCNC(=NCc1nc(C(F)(F)F)cs1)NCC1(C(=O)N(C)C)CCCC1. The average molecular weight is 405 g/mol. The Morgan fingerprint density at radius 3 is 2.52 bits per heavy atom. The van der Waals surface area contributed by atoms with Crippen LogP contribution in [0.5, 0.6) is 0 Å². The quantitative estimate of drug-likeness (QED) is 0.564. The van der Waals surface area contributed by atoms with E-state index < -0.39 is 17.3 Å². The summed E-state index contributed by atoms with van der Waals surface area (Å²) in [6.45, 7) is 3.00. The van der Waals surface area contributed by atoms with Crippen molar-refractivity contribution in [2.45, 2.75) is 45.3 Å². The molecular weight excluding hydrogens is 379 g/mol. The van der Waals surface area contributed by atoms with Crippen LogP contribution in [-0.2, 0) is 17.5 Å². The van der Waals surface area contributed by atoms with Crippen LogP contribution in [-0.4, -0.2) is 48.9 Å². The number of halogens is 3. The molecule has 6 nitrogen and oxygen atoms in total. The number of nitrogens with one attached hydrogen (secondary N) is 2. The minimum absolute atomic E-state index is 0.0463. The Kier molecular flexibility index (Phi) is 7.07. The molecule has 152 valence electrons. The van der Waals surface area contributed by atoms with Gasteiger partial charge in [-0.2, -0.15) is 13.2 Å².